The molecule has 3 aromatic rings. The van der Waals surface area contributed by atoms with E-state index in [0.717, 1.165) is 6.07 Å². The van der Waals surface area contributed by atoms with Crippen LogP contribution in [0.1, 0.15) is 5.56 Å². The topological polar surface area (TPSA) is 123 Å². The second kappa shape index (κ2) is 8.15. The fourth-order valence-electron chi connectivity index (χ4n) is 3.32. The summed E-state index contributed by atoms with van der Waals surface area (Å²) < 4.78 is 46.2. The van der Waals surface area contributed by atoms with Gasteiger partial charge in [0.05, 0.1) is 34.5 Å². The van der Waals surface area contributed by atoms with Crippen LogP contribution in [0.3, 0.4) is 0 Å². The van der Waals surface area contributed by atoms with Gasteiger partial charge in [-0.3, -0.25) is 4.79 Å². The second-order valence-electron chi connectivity index (χ2n) is 7.52. The molecule has 0 unspecified atom stereocenters. The van der Waals surface area contributed by atoms with Gasteiger partial charge in [0.1, 0.15) is 5.82 Å². The van der Waals surface area contributed by atoms with Gasteiger partial charge in [-0.05, 0) is 29.8 Å². The Kier molecular flexibility index (Phi) is 5.65. The zero-order valence-electron chi connectivity index (χ0n) is 17.1. The van der Waals surface area contributed by atoms with Crippen molar-refractivity contribution in [2.24, 2.45) is 5.73 Å². The molecule has 0 saturated carbocycles. The first-order valence-corrected chi connectivity index (χ1v) is 11.5. The van der Waals surface area contributed by atoms with E-state index in [1.54, 1.807) is 38.4 Å². The highest BCUT2D eigenvalue weighted by atomic mass is 35.5. The van der Waals surface area contributed by atoms with Gasteiger partial charge in [0, 0.05) is 19.1 Å². The molecule has 0 bridgehead atoms. The molecule has 2 heterocycles. The molecule has 168 valence electrons. The quantitative estimate of drug-likeness (QED) is 0.604. The summed E-state index contributed by atoms with van der Waals surface area (Å²) in [7, 11) is -0.702. The number of anilines is 2. The average molecular weight is 480 g/mol. The Morgan fingerprint density at radius 2 is 1.94 bits per heavy atom. The number of rotatable bonds is 4. The standard InChI is InChI=1S/C20H19ClFN5O4S/c1-26(2)20-25-24-18(31-20)13-7-16-17(8-14(13)22)32(29,30)10-15(23)19(28)27(16)9-11-3-5-12(21)6-4-11/h3-8,15H,9-10,23H2,1-2H3/t15-/m0/s1. The lowest BCUT2D eigenvalue weighted by atomic mass is 10.1. The summed E-state index contributed by atoms with van der Waals surface area (Å²) in [5.74, 6) is -2.28. The summed E-state index contributed by atoms with van der Waals surface area (Å²) in [5, 5.41) is 8.17. The molecule has 1 amide bonds. The van der Waals surface area contributed by atoms with Crippen LogP contribution in [0.5, 0.6) is 0 Å². The van der Waals surface area contributed by atoms with Crippen LogP contribution < -0.4 is 15.5 Å². The van der Waals surface area contributed by atoms with Crippen molar-refractivity contribution < 1.29 is 22.0 Å². The van der Waals surface area contributed by atoms with Gasteiger partial charge >= 0.3 is 6.01 Å². The Balaban J connectivity index is 1.89. The number of nitrogens with two attached hydrogens (primary N) is 1. The zero-order chi connectivity index (χ0) is 23.2. The lowest BCUT2D eigenvalue weighted by molar-refractivity contribution is -0.119. The van der Waals surface area contributed by atoms with Gasteiger partial charge < -0.3 is 20.0 Å². The fraction of sp³-hybridized carbons (Fsp3) is 0.250. The van der Waals surface area contributed by atoms with Crippen molar-refractivity contribution in [2.75, 3.05) is 29.6 Å². The maximum absolute atomic E-state index is 15.0. The van der Waals surface area contributed by atoms with E-state index >= 15 is 0 Å². The largest absolute Gasteiger partial charge is 0.403 e. The molecule has 0 fully saturated rings. The Morgan fingerprint density at radius 3 is 2.56 bits per heavy atom. The highest BCUT2D eigenvalue weighted by Gasteiger charge is 2.37. The SMILES string of the molecule is CN(C)c1nnc(-c2cc3c(cc2F)S(=O)(=O)C[C@H](N)C(=O)N3Cc2ccc(Cl)cc2)o1. The number of amides is 1. The van der Waals surface area contributed by atoms with Crippen LogP contribution in [0.25, 0.3) is 11.5 Å². The molecule has 0 saturated heterocycles. The summed E-state index contributed by atoms with van der Waals surface area (Å²) >= 11 is 5.93. The molecular formula is C20H19ClFN5O4S. The van der Waals surface area contributed by atoms with E-state index in [0.29, 0.717) is 10.6 Å². The average Bonchev–Trinajstić information content (AvgIpc) is 3.20. The number of sulfone groups is 1. The Labute approximate surface area is 188 Å². The molecule has 0 aliphatic carbocycles. The van der Waals surface area contributed by atoms with Crippen molar-refractivity contribution in [1.29, 1.82) is 0 Å². The summed E-state index contributed by atoms with van der Waals surface area (Å²) in [6.07, 6.45) is 0. The number of hydrogen-bond acceptors (Lipinski definition) is 8. The number of halogens is 2. The first kappa shape index (κ1) is 22.2. The van der Waals surface area contributed by atoms with Crippen molar-refractivity contribution in [3.8, 4) is 11.5 Å². The van der Waals surface area contributed by atoms with Crippen LogP contribution in [0, 0.1) is 5.82 Å². The number of hydrogen-bond donors (Lipinski definition) is 1. The highest BCUT2D eigenvalue weighted by molar-refractivity contribution is 7.91. The lowest BCUT2D eigenvalue weighted by Crippen LogP contribution is -2.45. The number of aromatic nitrogens is 2. The summed E-state index contributed by atoms with van der Waals surface area (Å²) in [6.45, 7) is 0.00404. The fourth-order valence-corrected chi connectivity index (χ4v) is 5.02. The number of carbonyl (C=O) groups excluding carboxylic acids is 1. The van der Waals surface area contributed by atoms with E-state index in [1.165, 1.54) is 15.9 Å². The van der Waals surface area contributed by atoms with Gasteiger partial charge in [0.2, 0.25) is 5.91 Å². The molecule has 12 heteroatoms. The van der Waals surface area contributed by atoms with Crippen LogP contribution in [0.2, 0.25) is 5.02 Å². The smallest absolute Gasteiger partial charge is 0.317 e. The molecule has 4 rings (SSSR count). The van der Waals surface area contributed by atoms with E-state index in [2.05, 4.69) is 10.2 Å². The third-order valence-corrected chi connectivity index (χ3v) is 6.98. The van der Waals surface area contributed by atoms with Gasteiger partial charge in [-0.2, -0.15) is 0 Å². The van der Waals surface area contributed by atoms with E-state index in [4.69, 9.17) is 21.8 Å². The Morgan fingerprint density at radius 1 is 1.25 bits per heavy atom. The third kappa shape index (κ3) is 4.06. The molecule has 32 heavy (non-hydrogen) atoms. The molecule has 2 aromatic carbocycles. The lowest BCUT2D eigenvalue weighted by Gasteiger charge is -2.24. The summed E-state index contributed by atoms with van der Waals surface area (Å²) in [5.41, 5.74) is 6.42. The molecule has 0 spiro atoms. The molecule has 2 N–H and O–H groups in total. The van der Waals surface area contributed by atoms with E-state index in [-0.39, 0.29) is 34.6 Å². The van der Waals surface area contributed by atoms with Gasteiger partial charge in [-0.25, -0.2) is 12.8 Å². The zero-order valence-corrected chi connectivity index (χ0v) is 18.7. The minimum atomic E-state index is -4.05. The molecule has 9 nitrogen and oxygen atoms in total. The van der Waals surface area contributed by atoms with E-state index < -0.39 is 33.4 Å². The van der Waals surface area contributed by atoms with E-state index in [9.17, 15) is 17.6 Å². The molecule has 1 aromatic heterocycles. The van der Waals surface area contributed by atoms with Crippen molar-refractivity contribution in [3.63, 3.8) is 0 Å². The third-order valence-electron chi connectivity index (χ3n) is 4.94. The monoisotopic (exact) mass is 479 g/mol. The minimum absolute atomic E-state index is 0.00404. The van der Waals surface area contributed by atoms with Gasteiger partial charge in [-0.1, -0.05) is 28.8 Å². The van der Waals surface area contributed by atoms with Crippen LogP contribution in [-0.4, -0.2) is 50.4 Å². The van der Waals surface area contributed by atoms with Crippen molar-refractivity contribution in [1.82, 2.24) is 10.2 Å². The van der Waals surface area contributed by atoms with Gasteiger partial charge in [0.15, 0.2) is 9.84 Å². The van der Waals surface area contributed by atoms with Crippen LogP contribution >= 0.6 is 11.6 Å². The predicted octanol–water partition coefficient (Wildman–Crippen LogP) is 2.24. The molecular weight excluding hydrogens is 461 g/mol. The predicted molar refractivity (Wildman–Crippen MR) is 117 cm³/mol. The van der Waals surface area contributed by atoms with Crippen LogP contribution in [0.15, 0.2) is 45.7 Å². The first-order chi connectivity index (χ1) is 15.1. The molecule has 1 aliphatic heterocycles. The second-order valence-corrected chi connectivity index (χ2v) is 9.96. The van der Waals surface area contributed by atoms with Crippen molar-refractivity contribution in [2.45, 2.75) is 17.5 Å². The number of carbonyl (C=O) groups is 1. The normalized spacial score (nSPS) is 17.7. The maximum Gasteiger partial charge on any atom is 0.317 e. The Bertz CT molecular complexity index is 1290. The van der Waals surface area contributed by atoms with Crippen LogP contribution in [-0.2, 0) is 21.2 Å². The van der Waals surface area contributed by atoms with E-state index in [1.807, 2.05) is 0 Å². The van der Waals surface area contributed by atoms with Crippen LogP contribution in [0.4, 0.5) is 16.1 Å². The highest BCUT2D eigenvalue weighted by Crippen LogP contribution is 2.37. The summed E-state index contributed by atoms with van der Waals surface area (Å²) in [4.78, 5) is 15.5. The number of fused-ring (bicyclic) bond motifs is 1. The van der Waals surface area contributed by atoms with Crippen molar-refractivity contribution in [3.05, 3.63) is 52.8 Å². The minimum Gasteiger partial charge on any atom is -0.403 e. The number of benzene rings is 2. The molecule has 1 aliphatic rings. The Hall–Kier alpha value is -3.02. The first-order valence-electron chi connectivity index (χ1n) is 9.46. The van der Waals surface area contributed by atoms with Gasteiger partial charge in [0.25, 0.3) is 5.89 Å². The molecule has 1 atom stereocenters. The number of nitrogens with zero attached hydrogens (tertiary/aromatic N) is 4. The molecule has 0 radical (unpaired) electrons. The summed E-state index contributed by atoms with van der Waals surface area (Å²) in [6, 6.07) is 7.61. The maximum atomic E-state index is 15.0. The van der Waals surface area contributed by atoms with Gasteiger partial charge in [-0.15, -0.1) is 5.10 Å². The van der Waals surface area contributed by atoms with Crippen molar-refractivity contribution >= 4 is 39.0 Å².